The van der Waals surface area contributed by atoms with Crippen LogP contribution in [0, 0.1) is 12.7 Å². The number of halogens is 1. The normalized spacial score (nSPS) is 19.4. The minimum absolute atomic E-state index is 0.280. The Labute approximate surface area is 176 Å². The summed E-state index contributed by atoms with van der Waals surface area (Å²) in [4.78, 5) is 5.44. The lowest BCUT2D eigenvalue weighted by Gasteiger charge is -2.38. The minimum atomic E-state index is -0.472. The zero-order chi connectivity index (χ0) is 20.2. The molecule has 4 aromatic rings. The molecule has 4 heterocycles. The molecular weight excluding hydrogens is 399 g/mol. The number of hydrogen-bond donors (Lipinski definition) is 1. The number of aryl methyl sites for hydroxylation is 1. The Hall–Kier alpha value is -3.45. The van der Waals surface area contributed by atoms with Crippen LogP contribution in [0.1, 0.15) is 33.7 Å². The molecule has 0 amide bonds. The number of nitrogens with one attached hydrogen (secondary N) is 1. The number of aromatic nitrogens is 3. The molecule has 2 atom stereocenters. The second-order valence-corrected chi connectivity index (χ2v) is 8.40. The fourth-order valence-electron chi connectivity index (χ4n) is 4.26. The molecule has 2 aromatic carbocycles. The summed E-state index contributed by atoms with van der Waals surface area (Å²) < 4.78 is 23.3. The average molecular weight is 416 g/mol. The van der Waals surface area contributed by atoms with Crippen LogP contribution in [0.3, 0.4) is 0 Å². The molecule has 7 heteroatoms. The van der Waals surface area contributed by atoms with Crippen LogP contribution in [0.25, 0.3) is 5.70 Å². The highest BCUT2D eigenvalue weighted by atomic mass is 32.1. The molecule has 0 radical (unpaired) electrons. The van der Waals surface area contributed by atoms with Crippen LogP contribution < -0.4 is 10.1 Å². The smallest absolute Gasteiger partial charge is 0.226 e. The number of benzene rings is 2. The van der Waals surface area contributed by atoms with Gasteiger partial charge in [0.2, 0.25) is 5.95 Å². The first-order chi connectivity index (χ1) is 14.7. The fourth-order valence-corrected chi connectivity index (χ4v) is 5.03. The molecule has 0 saturated heterocycles. The van der Waals surface area contributed by atoms with E-state index in [1.165, 1.54) is 12.4 Å². The number of ether oxygens (including phenoxy) is 1. The van der Waals surface area contributed by atoms with E-state index in [2.05, 4.69) is 27.5 Å². The average Bonchev–Trinajstić information content (AvgIpc) is 3.44. The SMILES string of the molecule is Cc1ccc2c(c1)C1=C([C@@H](c3cccs3)O2)[C@@H](c2ccccc2F)n2ncnc2N1. The van der Waals surface area contributed by atoms with Crippen LogP contribution in [0.5, 0.6) is 5.75 Å². The van der Waals surface area contributed by atoms with Crippen LogP contribution in [-0.2, 0) is 0 Å². The molecule has 0 saturated carbocycles. The van der Waals surface area contributed by atoms with Crippen LogP contribution >= 0.6 is 11.3 Å². The van der Waals surface area contributed by atoms with Gasteiger partial charge in [0.15, 0.2) is 6.10 Å². The summed E-state index contributed by atoms with van der Waals surface area (Å²) in [6, 6.07) is 16.5. The van der Waals surface area contributed by atoms with Crippen molar-refractivity contribution in [1.29, 1.82) is 0 Å². The number of anilines is 1. The Morgan fingerprint density at radius 2 is 2.03 bits per heavy atom. The third kappa shape index (κ3) is 2.52. The van der Waals surface area contributed by atoms with E-state index in [-0.39, 0.29) is 11.9 Å². The maximum Gasteiger partial charge on any atom is 0.226 e. The van der Waals surface area contributed by atoms with Crippen molar-refractivity contribution < 1.29 is 9.13 Å². The summed E-state index contributed by atoms with van der Waals surface area (Å²) in [6.45, 7) is 2.05. The highest BCUT2D eigenvalue weighted by molar-refractivity contribution is 7.10. The molecule has 2 aliphatic heterocycles. The lowest BCUT2D eigenvalue weighted by molar-refractivity contribution is 0.226. The van der Waals surface area contributed by atoms with Gasteiger partial charge in [-0.25, -0.2) is 9.07 Å². The van der Waals surface area contributed by atoms with E-state index in [1.807, 2.05) is 36.6 Å². The van der Waals surface area contributed by atoms with Crippen molar-refractivity contribution in [2.75, 3.05) is 5.32 Å². The van der Waals surface area contributed by atoms with Crippen molar-refractivity contribution in [1.82, 2.24) is 14.8 Å². The minimum Gasteiger partial charge on any atom is -0.480 e. The quantitative estimate of drug-likeness (QED) is 0.479. The fraction of sp³-hybridized carbons (Fsp3) is 0.130. The molecule has 2 aliphatic rings. The van der Waals surface area contributed by atoms with Crippen LogP contribution in [0.4, 0.5) is 10.3 Å². The summed E-state index contributed by atoms with van der Waals surface area (Å²) in [6.07, 6.45) is 1.14. The topological polar surface area (TPSA) is 52.0 Å². The molecule has 6 rings (SSSR count). The van der Waals surface area contributed by atoms with Gasteiger partial charge in [-0.15, -0.1) is 11.3 Å². The third-order valence-electron chi connectivity index (χ3n) is 5.57. The predicted molar refractivity (Wildman–Crippen MR) is 114 cm³/mol. The molecule has 1 N–H and O–H groups in total. The Morgan fingerprint density at radius 3 is 2.87 bits per heavy atom. The zero-order valence-corrected chi connectivity index (χ0v) is 16.9. The van der Waals surface area contributed by atoms with Gasteiger partial charge in [0.1, 0.15) is 23.9 Å². The van der Waals surface area contributed by atoms with Crippen molar-refractivity contribution in [3.63, 3.8) is 0 Å². The number of rotatable bonds is 2. The first-order valence-electron chi connectivity index (χ1n) is 9.67. The highest BCUT2D eigenvalue weighted by Crippen LogP contribution is 2.51. The van der Waals surface area contributed by atoms with E-state index in [1.54, 1.807) is 28.2 Å². The molecule has 0 spiro atoms. The van der Waals surface area contributed by atoms with Crippen molar-refractivity contribution in [3.8, 4) is 5.75 Å². The van der Waals surface area contributed by atoms with Gasteiger partial charge in [-0.05, 0) is 36.6 Å². The lowest BCUT2D eigenvalue weighted by Crippen LogP contribution is -2.32. The van der Waals surface area contributed by atoms with Gasteiger partial charge in [0.05, 0.1) is 5.70 Å². The lowest BCUT2D eigenvalue weighted by atomic mass is 9.86. The number of thiophene rings is 1. The van der Waals surface area contributed by atoms with Crippen molar-refractivity contribution in [2.45, 2.75) is 19.1 Å². The summed E-state index contributed by atoms with van der Waals surface area (Å²) >= 11 is 1.62. The molecule has 148 valence electrons. The summed E-state index contributed by atoms with van der Waals surface area (Å²) in [5.74, 6) is 1.10. The molecule has 0 aliphatic carbocycles. The largest absolute Gasteiger partial charge is 0.480 e. The van der Waals surface area contributed by atoms with E-state index in [0.29, 0.717) is 11.5 Å². The predicted octanol–water partition coefficient (Wildman–Crippen LogP) is 5.35. The molecule has 0 unspecified atom stereocenters. The number of nitrogens with zero attached hydrogens (tertiary/aromatic N) is 3. The molecule has 0 fully saturated rings. The molecule has 30 heavy (non-hydrogen) atoms. The Kier molecular flexibility index (Phi) is 3.79. The van der Waals surface area contributed by atoms with Gasteiger partial charge >= 0.3 is 0 Å². The van der Waals surface area contributed by atoms with Gasteiger partial charge in [0.25, 0.3) is 0 Å². The molecule has 0 bridgehead atoms. The number of hydrogen-bond acceptors (Lipinski definition) is 5. The van der Waals surface area contributed by atoms with Gasteiger partial charge in [-0.3, -0.25) is 0 Å². The van der Waals surface area contributed by atoms with Gasteiger partial charge in [-0.1, -0.05) is 35.9 Å². The van der Waals surface area contributed by atoms with Crippen LogP contribution in [0.15, 0.2) is 71.9 Å². The highest BCUT2D eigenvalue weighted by Gasteiger charge is 2.42. The van der Waals surface area contributed by atoms with Crippen molar-refractivity contribution >= 4 is 23.0 Å². The summed E-state index contributed by atoms with van der Waals surface area (Å²) in [5.41, 5.74) is 4.45. The first kappa shape index (κ1) is 17.4. The van der Waals surface area contributed by atoms with Gasteiger partial charge in [-0.2, -0.15) is 10.1 Å². The summed E-state index contributed by atoms with van der Waals surface area (Å²) in [5, 5.41) is 9.90. The number of fused-ring (bicyclic) bond motifs is 3. The van der Waals surface area contributed by atoms with Crippen LogP contribution in [0.2, 0.25) is 0 Å². The Morgan fingerprint density at radius 1 is 1.13 bits per heavy atom. The van der Waals surface area contributed by atoms with E-state index in [0.717, 1.165) is 33.0 Å². The van der Waals surface area contributed by atoms with Gasteiger partial charge in [0, 0.05) is 21.6 Å². The van der Waals surface area contributed by atoms with E-state index in [9.17, 15) is 0 Å². The second-order valence-electron chi connectivity index (χ2n) is 7.42. The monoisotopic (exact) mass is 416 g/mol. The molecular formula is C23H17FN4OS. The Bertz CT molecular complexity index is 1290. The summed E-state index contributed by atoms with van der Waals surface area (Å²) in [7, 11) is 0. The van der Waals surface area contributed by atoms with E-state index in [4.69, 9.17) is 4.74 Å². The van der Waals surface area contributed by atoms with E-state index < -0.39 is 6.04 Å². The van der Waals surface area contributed by atoms with Crippen molar-refractivity contribution in [3.05, 3.63) is 99.3 Å². The first-order valence-corrected chi connectivity index (χ1v) is 10.5. The van der Waals surface area contributed by atoms with Gasteiger partial charge < -0.3 is 10.1 Å². The molecule has 5 nitrogen and oxygen atoms in total. The zero-order valence-electron chi connectivity index (χ0n) is 16.0. The third-order valence-corrected chi connectivity index (χ3v) is 6.49. The standard InChI is InChI=1S/C23H17FN4OS/c1-13-8-9-17-15(11-13)20-19(22(29-17)18-7-4-10-30-18)21(14-5-2-3-6-16(14)24)28-23(27-20)25-12-26-28/h2-12,21-22H,1H3,(H,25,26,27)/t21-,22-/m1/s1. The maximum absolute atomic E-state index is 15.0. The van der Waals surface area contributed by atoms with E-state index >= 15 is 4.39 Å². The molecule has 2 aromatic heterocycles. The van der Waals surface area contributed by atoms with Crippen LogP contribution in [-0.4, -0.2) is 14.8 Å². The second kappa shape index (κ2) is 6.53. The Balaban J connectivity index is 1.67. The van der Waals surface area contributed by atoms with Crippen molar-refractivity contribution in [2.24, 2.45) is 0 Å². The maximum atomic E-state index is 15.0.